The second-order valence-electron chi connectivity index (χ2n) is 3.60. The van der Waals surface area contributed by atoms with Gasteiger partial charge in [0.25, 0.3) is 0 Å². The smallest absolute Gasteiger partial charge is 0.209 e. The van der Waals surface area contributed by atoms with E-state index in [0.717, 1.165) is 39.1 Å². The van der Waals surface area contributed by atoms with E-state index in [-0.39, 0.29) is 0 Å². The molecule has 0 unspecified atom stereocenters. The van der Waals surface area contributed by atoms with Gasteiger partial charge < -0.3 is 4.90 Å². The standard InChI is InChI=1S/C12H18N2O/c1-3-5-12(4-2)10-13-6-8-14(11-15)9-7-13/h3-5,11H,1-2,6-10H2/b12-5+. The van der Waals surface area contributed by atoms with E-state index in [1.165, 1.54) is 5.57 Å². The number of rotatable bonds is 5. The summed E-state index contributed by atoms with van der Waals surface area (Å²) in [6.07, 6.45) is 6.52. The number of carbonyl (C=O) groups excluding carboxylic acids is 1. The fourth-order valence-corrected chi connectivity index (χ4v) is 1.62. The Labute approximate surface area is 91.4 Å². The van der Waals surface area contributed by atoms with Crippen LogP contribution in [0.5, 0.6) is 0 Å². The lowest BCUT2D eigenvalue weighted by Crippen LogP contribution is -2.46. The fraction of sp³-hybridized carbons (Fsp3) is 0.417. The zero-order chi connectivity index (χ0) is 11.1. The van der Waals surface area contributed by atoms with Gasteiger partial charge in [-0.05, 0) is 5.57 Å². The Kier molecular flexibility index (Phi) is 4.84. The van der Waals surface area contributed by atoms with Crippen LogP contribution in [0.25, 0.3) is 0 Å². The second-order valence-corrected chi connectivity index (χ2v) is 3.60. The van der Waals surface area contributed by atoms with Crippen LogP contribution in [0.15, 0.2) is 37.0 Å². The molecule has 1 fully saturated rings. The molecule has 0 aromatic rings. The molecule has 0 N–H and O–H groups in total. The number of amides is 1. The van der Waals surface area contributed by atoms with Gasteiger partial charge in [0.2, 0.25) is 6.41 Å². The molecule has 1 saturated heterocycles. The van der Waals surface area contributed by atoms with Crippen molar-refractivity contribution in [3.8, 4) is 0 Å². The summed E-state index contributed by atoms with van der Waals surface area (Å²) in [6.45, 7) is 11.8. The Balaban J connectivity index is 2.40. The van der Waals surface area contributed by atoms with Crippen LogP contribution in [0, 0.1) is 0 Å². The first kappa shape index (κ1) is 11.7. The van der Waals surface area contributed by atoms with Crippen molar-refractivity contribution >= 4 is 6.41 Å². The number of piperazine rings is 1. The maximum absolute atomic E-state index is 10.5. The molecule has 1 rings (SSSR count). The molecular formula is C12H18N2O. The maximum atomic E-state index is 10.5. The van der Waals surface area contributed by atoms with Gasteiger partial charge in [0.15, 0.2) is 0 Å². The fourth-order valence-electron chi connectivity index (χ4n) is 1.62. The van der Waals surface area contributed by atoms with Crippen molar-refractivity contribution in [3.05, 3.63) is 37.0 Å². The molecular weight excluding hydrogens is 188 g/mol. The van der Waals surface area contributed by atoms with E-state index in [2.05, 4.69) is 18.1 Å². The van der Waals surface area contributed by atoms with Crippen LogP contribution >= 0.6 is 0 Å². The van der Waals surface area contributed by atoms with Gasteiger partial charge in [-0.15, -0.1) is 0 Å². The molecule has 0 bridgehead atoms. The summed E-state index contributed by atoms with van der Waals surface area (Å²) in [7, 11) is 0. The first-order chi connectivity index (χ1) is 7.30. The minimum atomic E-state index is 0.821. The molecule has 0 aromatic carbocycles. The number of hydrogen-bond donors (Lipinski definition) is 0. The number of nitrogens with zero attached hydrogens (tertiary/aromatic N) is 2. The van der Waals surface area contributed by atoms with E-state index in [0.29, 0.717) is 0 Å². The highest BCUT2D eigenvalue weighted by Crippen LogP contribution is 2.05. The molecule has 0 radical (unpaired) electrons. The summed E-state index contributed by atoms with van der Waals surface area (Å²) in [4.78, 5) is 14.6. The molecule has 3 nitrogen and oxygen atoms in total. The molecule has 1 heterocycles. The van der Waals surface area contributed by atoms with E-state index in [1.54, 1.807) is 11.0 Å². The van der Waals surface area contributed by atoms with Gasteiger partial charge in [0.05, 0.1) is 0 Å². The van der Waals surface area contributed by atoms with Crippen molar-refractivity contribution in [3.63, 3.8) is 0 Å². The van der Waals surface area contributed by atoms with E-state index in [9.17, 15) is 4.79 Å². The molecule has 0 atom stereocenters. The highest BCUT2D eigenvalue weighted by molar-refractivity contribution is 5.47. The number of allylic oxidation sites excluding steroid dienone is 2. The normalized spacial score (nSPS) is 18.7. The molecule has 0 aliphatic carbocycles. The lowest BCUT2D eigenvalue weighted by Gasteiger charge is -2.32. The highest BCUT2D eigenvalue weighted by atomic mass is 16.1. The van der Waals surface area contributed by atoms with Gasteiger partial charge in [-0.2, -0.15) is 0 Å². The summed E-state index contributed by atoms with van der Waals surface area (Å²) >= 11 is 0. The van der Waals surface area contributed by atoms with Gasteiger partial charge in [-0.1, -0.05) is 31.4 Å². The average molecular weight is 206 g/mol. The second kappa shape index (κ2) is 6.19. The minimum Gasteiger partial charge on any atom is -0.343 e. The highest BCUT2D eigenvalue weighted by Gasteiger charge is 2.14. The third-order valence-electron chi connectivity index (χ3n) is 2.56. The van der Waals surface area contributed by atoms with Crippen LogP contribution in [-0.2, 0) is 4.79 Å². The summed E-state index contributed by atoms with van der Waals surface area (Å²) in [5, 5.41) is 0. The minimum absolute atomic E-state index is 0.821. The van der Waals surface area contributed by atoms with Gasteiger partial charge in [-0.25, -0.2) is 0 Å². The lowest BCUT2D eigenvalue weighted by atomic mass is 10.2. The number of carbonyl (C=O) groups is 1. The Hall–Kier alpha value is -1.35. The molecule has 82 valence electrons. The predicted octanol–water partition coefficient (Wildman–Crippen LogP) is 1.06. The van der Waals surface area contributed by atoms with Crippen LogP contribution in [0.3, 0.4) is 0 Å². The van der Waals surface area contributed by atoms with Crippen LogP contribution in [0.1, 0.15) is 0 Å². The zero-order valence-corrected chi connectivity index (χ0v) is 9.06. The first-order valence-corrected chi connectivity index (χ1v) is 5.16. The Morgan fingerprint density at radius 2 is 1.87 bits per heavy atom. The van der Waals surface area contributed by atoms with E-state index < -0.39 is 0 Å². The van der Waals surface area contributed by atoms with Crippen molar-refractivity contribution in [2.45, 2.75) is 0 Å². The van der Waals surface area contributed by atoms with Crippen molar-refractivity contribution in [2.24, 2.45) is 0 Å². The Bertz CT molecular complexity index is 263. The third-order valence-corrected chi connectivity index (χ3v) is 2.56. The van der Waals surface area contributed by atoms with Gasteiger partial charge in [-0.3, -0.25) is 9.69 Å². The molecule has 1 aliphatic heterocycles. The van der Waals surface area contributed by atoms with Gasteiger partial charge >= 0.3 is 0 Å². The molecule has 3 heteroatoms. The van der Waals surface area contributed by atoms with Crippen LogP contribution in [0.4, 0.5) is 0 Å². The zero-order valence-electron chi connectivity index (χ0n) is 9.06. The SMILES string of the molecule is C=C/C=C(\C=C)CN1CCN(C=O)CC1. The van der Waals surface area contributed by atoms with Crippen molar-refractivity contribution in [2.75, 3.05) is 32.7 Å². The van der Waals surface area contributed by atoms with Crippen LogP contribution in [-0.4, -0.2) is 48.9 Å². The van der Waals surface area contributed by atoms with E-state index >= 15 is 0 Å². The van der Waals surface area contributed by atoms with Crippen molar-refractivity contribution in [1.29, 1.82) is 0 Å². The van der Waals surface area contributed by atoms with Crippen molar-refractivity contribution < 1.29 is 4.79 Å². The van der Waals surface area contributed by atoms with E-state index in [4.69, 9.17) is 0 Å². The largest absolute Gasteiger partial charge is 0.343 e. The van der Waals surface area contributed by atoms with Crippen LogP contribution in [0.2, 0.25) is 0 Å². The van der Waals surface area contributed by atoms with Gasteiger partial charge in [0, 0.05) is 32.7 Å². The summed E-state index contributed by atoms with van der Waals surface area (Å²) in [5.74, 6) is 0. The molecule has 15 heavy (non-hydrogen) atoms. The summed E-state index contributed by atoms with van der Waals surface area (Å²) in [5.41, 5.74) is 1.17. The molecule has 0 saturated carbocycles. The summed E-state index contributed by atoms with van der Waals surface area (Å²) < 4.78 is 0. The van der Waals surface area contributed by atoms with Gasteiger partial charge in [0.1, 0.15) is 0 Å². The average Bonchev–Trinajstić information content (AvgIpc) is 2.29. The Morgan fingerprint density at radius 1 is 1.20 bits per heavy atom. The Morgan fingerprint density at radius 3 is 2.33 bits per heavy atom. The number of hydrogen-bond acceptors (Lipinski definition) is 2. The molecule has 0 spiro atoms. The molecule has 0 aromatic heterocycles. The molecule has 1 amide bonds. The predicted molar refractivity (Wildman–Crippen MR) is 62.6 cm³/mol. The van der Waals surface area contributed by atoms with Crippen LogP contribution < -0.4 is 0 Å². The quantitative estimate of drug-likeness (QED) is 0.496. The topological polar surface area (TPSA) is 23.6 Å². The van der Waals surface area contributed by atoms with Crippen molar-refractivity contribution in [1.82, 2.24) is 9.80 Å². The monoisotopic (exact) mass is 206 g/mol. The summed E-state index contributed by atoms with van der Waals surface area (Å²) in [6, 6.07) is 0. The lowest BCUT2D eigenvalue weighted by molar-refractivity contribution is -0.119. The molecule has 1 aliphatic rings. The van der Waals surface area contributed by atoms with E-state index in [1.807, 2.05) is 12.2 Å². The first-order valence-electron chi connectivity index (χ1n) is 5.16. The maximum Gasteiger partial charge on any atom is 0.209 e. The third kappa shape index (κ3) is 3.72.